The monoisotopic (exact) mass is 1170 g/mol. The van der Waals surface area contributed by atoms with Crippen molar-refractivity contribution in [1.29, 1.82) is 0 Å². The van der Waals surface area contributed by atoms with Crippen LogP contribution in [0.5, 0.6) is 0 Å². The van der Waals surface area contributed by atoms with E-state index in [1.807, 2.05) is 0 Å². The summed E-state index contributed by atoms with van der Waals surface area (Å²) in [4.78, 5) is 70.3. The lowest BCUT2D eigenvalue weighted by atomic mass is 9.49. The van der Waals surface area contributed by atoms with Gasteiger partial charge >= 0.3 is 30.4 Å². The van der Waals surface area contributed by atoms with E-state index in [4.69, 9.17) is 69.1 Å². The van der Waals surface area contributed by atoms with Gasteiger partial charge in [0.1, 0.15) is 37.9 Å². The lowest BCUT2D eigenvalue weighted by molar-refractivity contribution is -0.163. The van der Waals surface area contributed by atoms with Crippen LogP contribution in [0.25, 0.3) is 22.3 Å². The van der Waals surface area contributed by atoms with Gasteiger partial charge in [0.25, 0.3) is 0 Å². The molecule has 5 N–H and O–H groups in total. The number of aromatic nitrogens is 8. The summed E-state index contributed by atoms with van der Waals surface area (Å²) in [6.07, 6.45) is 24.1. The number of halogens is 3. The Morgan fingerprint density at radius 2 is 1.04 bits per heavy atom. The SMILES string of the molecule is C#C[C@]1(COC(=O)OCCC23CC4CC(CC(C4)C2)C3)O[C@@H](n2cnc3c(N)nc(F)nc32)C[C@@H]1O.C#C[C@]1(COC(=O)OCCC23CC4CC(CC(C4)C2)C3)O[C@@H](n2cnc3c(N)nc(F)nc32)C[C@@H]1OC(=O)C(C)C.CC(C)C(=O)Cl. The molecule has 0 spiro atoms. The quantitative estimate of drug-likeness (QED) is 0.0330. The zero-order valence-corrected chi connectivity index (χ0v) is 47.9. The fraction of sp³-hybridized carbons (Fsp3) is 0.690. The molecular formula is C58H73ClF2N10O12. The van der Waals surface area contributed by atoms with Gasteiger partial charge in [0.15, 0.2) is 39.6 Å². The number of aliphatic hydroxyl groups excluding tert-OH is 1. The standard InChI is InChI=1S/C29H36FN5O6.C25H30FN5O5.C4H7ClO/c1-4-29(14-39-27(37)38-6-5-28-11-17-7-18(12-28)9-19(8-17)13-28)20(40-25(36)16(2)3)10-21(41-29)35-15-32-22-23(31)33-26(30)34-24(22)35;1-2-25(17(32)8-18(36-25)31-13-28-19-20(27)29-22(26)30-21(19)31)12-35-23(33)34-4-3-24-9-14-5-15(10-24)7-16(6-14)11-24;1-3(2)4(5)6/h1,15-21H,5-14H2,2-3H3,(H2,31,33,34);1,13-18,32H,3-12H2,(H2,27,29,30);3H,1-2H3/t17?,18?,19?,20-,21+,28?,29+;14?,15?,16?,17-,18+,24?,25+;/m00./s1. The van der Waals surface area contributed by atoms with E-state index in [1.54, 1.807) is 27.7 Å². The summed E-state index contributed by atoms with van der Waals surface area (Å²) in [6.45, 7) is 6.67. The van der Waals surface area contributed by atoms with Gasteiger partial charge in [-0.15, -0.1) is 12.8 Å². The van der Waals surface area contributed by atoms with E-state index >= 15 is 0 Å². The van der Waals surface area contributed by atoms with Crippen LogP contribution in [-0.2, 0) is 42.7 Å². The number of nitrogens with zero attached hydrogens (tertiary/aromatic N) is 8. The first-order chi connectivity index (χ1) is 39.5. The molecule has 8 aliphatic carbocycles. The number of fused-ring (bicyclic) bond motifs is 2. The highest BCUT2D eigenvalue weighted by molar-refractivity contribution is 6.63. The van der Waals surface area contributed by atoms with Gasteiger partial charge in [-0.1, -0.05) is 39.5 Å². The number of imidazole rings is 2. The molecule has 10 aliphatic rings. The molecule has 10 fully saturated rings. The van der Waals surface area contributed by atoms with Crippen LogP contribution in [0.3, 0.4) is 0 Å². The maximum Gasteiger partial charge on any atom is 0.508 e. The average molecular weight is 1180 g/mol. The van der Waals surface area contributed by atoms with Crippen molar-refractivity contribution in [2.75, 3.05) is 37.9 Å². The first kappa shape index (κ1) is 59.7. The van der Waals surface area contributed by atoms with E-state index in [1.165, 1.54) is 98.8 Å². The minimum atomic E-state index is -1.62. The van der Waals surface area contributed by atoms with Crippen LogP contribution < -0.4 is 11.5 Å². The zero-order valence-electron chi connectivity index (χ0n) is 47.2. The number of terminal acetylenes is 2. The number of anilines is 2. The number of ether oxygens (including phenoxy) is 7. The fourth-order valence-corrected chi connectivity index (χ4v) is 15.4. The maximum atomic E-state index is 14.0. The lowest BCUT2D eigenvalue weighted by Gasteiger charge is -2.57. The molecule has 0 radical (unpaired) electrons. The van der Waals surface area contributed by atoms with Crippen LogP contribution in [0.15, 0.2) is 12.7 Å². The van der Waals surface area contributed by atoms with E-state index in [-0.39, 0.29) is 70.0 Å². The zero-order chi connectivity index (χ0) is 59.2. The lowest BCUT2D eigenvalue weighted by Crippen LogP contribution is -2.47. The molecule has 0 unspecified atom stereocenters. The van der Waals surface area contributed by atoms with Crippen LogP contribution in [0.4, 0.5) is 30.0 Å². The molecule has 25 heteroatoms. The Morgan fingerprint density at radius 1 is 0.651 bits per heavy atom. The van der Waals surface area contributed by atoms with Gasteiger partial charge in [-0.3, -0.25) is 18.7 Å². The molecule has 2 aliphatic heterocycles. The third-order valence-electron chi connectivity index (χ3n) is 18.6. The molecule has 14 rings (SSSR count). The Kier molecular flexibility index (Phi) is 17.2. The number of hydrogen-bond donors (Lipinski definition) is 3. The van der Waals surface area contributed by atoms with Crippen LogP contribution >= 0.6 is 11.6 Å². The molecule has 6 heterocycles. The molecule has 2 saturated heterocycles. The Bertz CT molecular complexity index is 3110. The van der Waals surface area contributed by atoms with Crippen LogP contribution in [-0.4, -0.2) is 118 Å². The Morgan fingerprint density at radius 3 is 1.42 bits per heavy atom. The molecule has 0 aromatic carbocycles. The second kappa shape index (κ2) is 23.9. The number of carbonyl (C=O) groups excluding carboxylic acids is 4. The molecule has 6 atom stereocenters. The van der Waals surface area contributed by atoms with Gasteiger partial charge in [-0.25, -0.2) is 19.6 Å². The van der Waals surface area contributed by atoms with Crippen molar-refractivity contribution in [1.82, 2.24) is 39.0 Å². The normalized spacial score (nSPS) is 33.3. The third kappa shape index (κ3) is 12.7. The van der Waals surface area contributed by atoms with Gasteiger partial charge < -0.3 is 49.7 Å². The summed E-state index contributed by atoms with van der Waals surface area (Å²) in [5, 5.41) is 10.4. The topological polar surface area (TPSA) is 292 Å². The molecule has 83 heavy (non-hydrogen) atoms. The van der Waals surface area contributed by atoms with Crippen molar-refractivity contribution in [2.24, 2.45) is 58.2 Å². The third-order valence-corrected chi connectivity index (χ3v) is 19.0. The van der Waals surface area contributed by atoms with Crippen LogP contribution in [0, 0.1) is 95.0 Å². The van der Waals surface area contributed by atoms with Gasteiger partial charge in [-0.2, -0.15) is 28.7 Å². The van der Waals surface area contributed by atoms with Crippen molar-refractivity contribution >= 4 is 69.1 Å². The summed E-state index contributed by atoms with van der Waals surface area (Å²) in [6, 6.07) is 0. The molecule has 8 bridgehead atoms. The van der Waals surface area contributed by atoms with Crippen LogP contribution in [0.1, 0.15) is 143 Å². The fourth-order valence-electron chi connectivity index (χ4n) is 15.4. The van der Waals surface area contributed by atoms with Gasteiger partial charge in [0.05, 0.1) is 31.8 Å². The molecule has 0 amide bonds. The second-order valence-electron chi connectivity index (χ2n) is 25.3. The maximum absolute atomic E-state index is 14.0. The van der Waals surface area contributed by atoms with Crippen LogP contribution in [0.2, 0.25) is 0 Å². The summed E-state index contributed by atoms with van der Waals surface area (Å²) in [5.74, 6) is 8.70. The van der Waals surface area contributed by atoms with Crippen molar-refractivity contribution in [3.63, 3.8) is 0 Å². The van der Waals surface area contributed by atoms with Crippen molar-refractivity contribution in [3.05, 3.63) is 24.8 Å². The summed E-state index contributed by atoms with van der Waals surface area (Å²) in [7, 11) is 0. The number of nitrogen functional groups attached to an aromatic ring is 2. The summed E-state index contributed by atoms with van der Waals surface area (Å²) >= 11 is 4.97. The van der Waals surface area contributed by atoms with E-state index < -0.39 is 85.4 Å². The number of carbonyl (C=O) groups is 4. The van der Waals surface area contributed by atoms with Crippen molar-refractivity contribution < 1.29 is 66.2 Å². The molecule has 22 nitrogen and oxygen atoms in total. The highest BCUT2D eigenvalue weighted by Crippen LogP contribution is 2.62. The van der Waals surface area contributed by atoms with Gasteiger partial charge in [-0.05, 0) is 148 Å². The molecule has 8 saturated carbocycles. The highest BCUT2D eigenvalue weighted by Gasteiger charge is 2.55. The molecule has 4 aromatic heterocycles. The summed E-state index contributed by atoms with van der Waals surface area (Å²) in [5.41, 5.74) is 9.44. The smallest absolute Gasteiger partial charge is 0.458 e. The predicted molar refractivity (Wildman–Crippen MR) is 293 cm³/mol. The summed E-state index contributed by atoms with van der Waals surface area (Å²) < 4.78 is 70.0. The average Bonchev–Trinajstić information content (AvgIpc) is 3.59. The number of aliphatic hydroxyl groups is 1. The van der Waals surface area contributed by atoms with Gasteiger partial charge in [0, 0.05) is 18.8 Å². The van der Waals surface area contributed by atoms with E-state index in [0.29, 0.717) is 12.0 Å². The minimum Gasteiger partial charge on any atom is -0.458 e. The Labute approximate surface area is 484 Å². The molecular weight excluding hydrogens is 1100 g/mol. The van der Waals surface area contributed by atoms with E-state index in [2.05, 4.69) is 41.7 Å². The van der Waals surface area contributed by atoms with Crippen molar-refractivity contribution in [2.45, 2.75) is 166 Å². The first-order valence-corrected chi connectivity index (χ1v) is 29.2. The van der Waals surface area contributed by atoms with E-state index in [0.717, 1.165) is 48.3 Å². The van der Waals surface area contributed by atoms with Gasteiger partial charge in [0.2, 0.25) is 10.8 Å². The number of nitrogens with two attached hydrogens (primary N) is 2. The Balaban J connectivity index is 0.000000170. The number of esters is 1. The second-order valence-corrected chi connectivity index (χ2v) is 25.6. The minimum absolute atomic E-state index is 0.0216. The van der Waals surface area contributed by atoms with Crippen molar-refractivity contribution in [3.8, 4) is 24.7 Å². The molecule has 448 valence electrons. The highest BCUT2D eigenvalue weighted by atomic mass is 35.5. The molecule has 4 aromatic rings. The largest absolute Gasteiger partial charge is 0.508 e. The number of rotatable bonds is 15. The number of hydrogen-bond acceptors (Lipinski definition) is 20. The first-order valence-electron chi connectivity index (χ1n) is 28.8. The Hall–Kier alpha value is -6.47. The van der Waals surface area contributed by atoms with E-state index in [9.17, 15) is 33.1 Å². The predicted octanol–water partition coefficient (Wildman–Crippen LogP) is 8.53.